The number of hydrogen-bond donors (Lipinski definition) is 1. The number of likely N-dealkylation sites (tertiary alicyclic amines) is 1. The van der Waals surface area contributed by atoms with E-state index in [1.165, 1.54) is 6.42 Å². The molecule has 0 radical (unpaired) electrons. The first-order chi connectivity index (χ1) is 5.89. The molecule has 2 nitrogen and oxygen atoms in total. The van der Waals surface area contributed by atoms with Crippen LogP contribution in [0.25, 0.3) is 0 Å². The highest BCUT2D eigenvalue weighted by Crippen LogP contribution is 2.33. The number of β-amino-alcohol motifs (C(OH)–C–C–N with tert-alkyl or cyclic N) is 1. The summed E-state index contributed by atoms with van der Waals surface area (Å²) in [4.78, 5) is 2.38. The van der Waals surface area contributed by atoms with Crippen molar-refractivity contribution >= 4 is 0 Å². The summed E-state index contributed by atoms with van der Waals surface area (Å²) in [6, 6.07) is 0. The monoisotopic (exact) mass is 185 g/mol. The lowest BCUT2D eigenvalue weighted by molar-refractivity contribution is 0.132. The third-order valence-electron chi connectivity index (χ3n) is 3.02. The second-order valence-corrected chi connectivity index (χ2v) is 5.46. The zero-order valence-electron chi connectivity index (χ0n) is 9.38. The highest BCUT2D eigenvalue weighted by molar-refractivity contribution is 4.84. The topological polar surface area (TPSA) is 23.5 Å². The zero-order chi connectivity index (χ0) is 10.1. The number of aliphatic hydroxyl groups excluding tert-OH is 1. The van der Waals surface area contributed by atoms with Crippen molar-refractivity contribution in [2.24, 2.45) is 11.3 Å². The van der Waals surface area contributed by atoms with Crippen molar-refractivity contribution in [1.82, 2.24) is 4.90 Å². The van der Waals surface area contributed by atoms with Gasteiger partial charge in [0.05, 0.1) is 6.10 Å². The fourth-order valence-corrected chi connectivity index (χ4v) is 2.08. The smallest absolute Gasteiger partial charge is 0.0639 e. The molecule has 0 amide bonds. The van der Waals surface area contributed by atoms with Crippen molar-refractivity contribution in [2.75, 3.05) is 19.6 Å². The van der Waals surface area contributed by atoms with Crippen molar-refractivity contribution in [3.63, 3.8) is 0 Å². The standard InChI is InChI=1S/C11H23NO/c1-9(13)7-12-6-5-10(8-12)11(2,3)4/h9-10,13H,5-8H2,1-4H3/t9-,10?/m1/s1. The predicted molar refractivity (Wildman–Crippen MR) is 55.7 cm³/mol. The molecule has 1 unspecified atom stereocenters. The summed E-state index contributed by atoms with van der Waals surface area (Å²) in [6.45, 7) is 12.0. The number of rotatable bonds is 2. The zero-order valence-corrected chi connectivity index (χ0v) is 9.38. The van der Waals surface area contributed by atoms with Crippen LogP contribution in [-0.2, 0) is 0 Å². The van der Waals surface area contributed by atoms with Crippen LogP contribution in [0.5, 0.6) is 0 Å². The minimum Gasteiger partial charge on any atom is -0.392 e. The second-order valence-electron chi connectivity index (χ2n) is 5.46. The van der Waals surface area contributed by atoms with Crippen LogP contribution in [0.4, 0.5) is 0 Å². The molecule has 1 aliphatic rings. The van der Waals surface area contributed by atoms with Crippen LogP contribution in [0.15, 0.2) is 0 Å². The van der Waals surface area contributed by atoms with Gasteiger partial charge < -0.3 is 10.0 Å². The van der Waals surface area contributed by atoms with E-state index in [0.717, 1.165) is 25.6 Å². The lowest BCUT2D eigenvalue weighted by atomic mass is 9.80. The Morgan fingerprint density at radius 3 is 2.46 bits per heavy atom. The van der Waals surface area contributed by atoms with Gasteiger partial charge in [-0.2, -0.15) is 0 Å². The maximum absolute atomic E-state index is 9.26. The Kier molecular flexibility index (Phi) is 3.36. The summed E-state index contributed by atoms with van der Waals surface area (Å²) in [7, 11) is 0. The molecule has 1 fully saturated rings. The Balaban J connectivity index is 2.36. The molecule has 1 aliphatic heterocycles. The van der Waals surface area contributed by atoms with Crippen LogP contribution in [0, 0.1) is 11.3 Å². The molecular weight excluding hydrogens is 162 g/mol. The van der Waals surface area contributed by atoms with E-state index in [1.54, 1.807) is 0 Å². The van der Waals surface area contributed by atoms with Crippen LogP contribution in [-0.4, -0.2) is 35.7 Å². The van der Waals surface area contributed by atoms with E-state index in [-0.39, 0.29) is 6.10 Å². The van der Waals surface area contributed by atoms with Crippen molar-refractivity contribution in [1.29, 1.82) is 0 Å². The summed E-state index contributed by atoms with van der Waals surface area (Å²) < 4.78 is 0. The molecule has 0 spiro atoms. The summed E-state index contributed by atoms with van der Waals surface area (Å²) in [5.74, 6) is 0.797. The molecule has 0 saturated carbocycles. The Labute approximate surface area is 81.9 Å². The van der Waals surface area contributed by atoms with Gasteiger partial charge in [0.2, 0.25) is 0 Å². The van der Waals surface area contributed by atoms with Gasteiger partial charge in [0.25, 0.3) is 0 Å². The first-order valence-electron chi connectivity index (χ1n) is 5.30. The molecular formula is C11H23NO. The number of hydrogen-bond acceptors (Lipinski definition) is 2. The van der Waals surface area contributed by atoms with Gasteiger partial charge in [-0.1, -0.05) is 20.8 Å². The van der Waals surface area contributed by atoms with Gasteiger partial charge in [-0.05, 0) is 31.2 Å². The van der Waals surface area contributed by atoms with Gasteiger partial charge in [-0.25, -0.2) is 0 Å². The average molecular weight is 185 g/mol. The molecule has 1 saturated heterocycles. The Hall–Kier alpha value is -0.0800. The van der Waals surface area contributed by atoms with Gasteiger partial charge in [0.1, 0.15) is 0 Å². The van der Waals surface area contributed by atoms with Gasteiger partial charge in [-0.3, -0.25) is 0 Å². The maximum atomic E-state index is 9.26. The van der Waals surface area contributed by atoms with Crippen LogP contribution in [0.3, 0.4) is 0 Å². The van der Waals surface area contributed by atoms with Crippen LogP contribution in [0.1, 0.15) is 34.1 Å². The fourth-order valence-electron chi connectivity index (χ4n) is 2.08. The minimum absolute atomic E-state index is 0.182. The van der Waals surface area contributed by atoms with Crippen molar-refractivity contribution in [3.8, 4) is 0 Å². The molecule has 0 aromatic carbocycles. The normalized spacial score (nSPS) is 27.9. The average Bonchev–Trinajstić information content (AvgIpc) is 2.32. The SMILES string of the molecule is C[C@@H](O)CN1CCC(C(C)(C)C)C1. The number of nitrogens with zero attached hydrogens (tertiary/aromatic N) is 1. The third-order valence-corrected chi connectivity index (χ3v) is 3.02. The molecule has 1 heterocycles. The van der Waals surface area contributed by atoms with E-state index in [2.05, 4.69) is 25.7 Å². The van der Waals surface area contributed by atoms with Gasteiger partial charge >= 0.3 is 0 Å². The highest BCUT2D eigenvalue weighted by Gasteiger charge is 2.31. The molecule has 0 bridgehead atoms. The molecule has 0 aromatic heterocycles. The lowest BCUT2D eigenvalue weighted by Gasteiger charge is -2.27. The fraction of sp³-hybridized carbons (Fsp3) is 1.00. The van der Waals surface area contributed by atoms with E-state index in [9.17, 15) is 5.11 Å². The van der Waals surface area contributed by atoms with E-state index in [0.29, 0.717) is 5.41 Å². The first kappa shape index (κ1) is 11.0. The molecule has 2 heteroatoms. The molecule has 0 aliphatic carbocycles. The highest BCUT2D eigenvalue weighted by atomic mass is 16.3. The maximum Gasteiger partial charge on any atom is 0.0639 e. The summed E-state index contributed by atoms with van der Waals surface area (Å²) in [5, 5.41) is 9.26. The summed E-state index contributed by atoms with van der Waals surface area (Å²) in [6.07, 6.45) is 1.11. The largest absolute Gasteiger partial charge is 0.392 e. The summed E-state index contributed by atoms with van der Waals surface area (Å²) in [5.41, 5.74) is 0.424. The third kappa shape index (κ3) is 3.28. The van der Waals surface area contributed by atoms with Crippen molar-refractivity contribution in [3.05, 3.63) is 0 Å². The van der Waals surface area contributed by atoms with E-state index in [4.69, 9.17) is 0 Å². The Bertz CT molecular complexity index is 160. The molecule has 2 atom stereocenters. The second kappa shape index (κ2) is 3.97. The Morgan fingerprint density at radius 1 is 1.46 bits per heavy atom. The van der Waals surface area contributed by atoms with Crippen LogP contribution < -0.4 is 0 Å². The van der Waals surface area contributed by atoms with E-state index in [1.807, 2.05) is 6.92 Å². The van der Waals surface area contributed by atoms with Gasteiger partial charge in [0, 0.05) is 13.1 Å². The van der Waals surface area contributed by atoms with Gasteiger partial charge in [-0.15, -0.1) is 0 Å². The molecule has 0 aromatic rings. The predicted octanol–water partition coefficient (Wildman–Crippen LogP) is 1.74. The first-order valence-corrected chi connectivity index (χ1v) is 5.30. The van der Waals surface area contributed by atoms with E-state index >= 15 is 0 Å². The lowest BCUT2D eigenvalue weighted by Crippen LogP contribution is -2.31. The molecule has 13 heavy (non-hydrogen) atoms. The summed E-state index contributed by atoms with van der Waals surface area (Å²) >= 11 is 0. The molecule has 78 valence electrons. The van der Waals surface area contributed by atoms with Crippen molar-refractivity contribution < 1.29 is 5.11 Å². The van der Waals surface area contributed by atoms with Gasteiger partial charge in [0.15, 0.2) is 0 Å². The van der Waals surface area contributed by atoms with Crippen LogP contribution in [0.2, 0.25) is 0 Å². The van der Waals surface area contributed by atoms with Crippen molar-refractivity contribution in [2.45, 2.75) is 40.2 Å². The van der Waals surface area contributed by atoms with Crippen LogP contribution >= 0.6 is 0 Å². The Morgan fingerprint density at radius 2 is 2.08 bits per heavy atom. The number of aliphatic hydroxyl groups is 1. The molecule has 1 N–H and O–H groups in total. The van der Waals surface area contributed by atoms with E-state index < -0.39 is 0 Å². The quantitative estimate of drug-likeness (QED) is 0.708. The minimum atomic E-state index is -0.182. The molecule has 1 rings (SSSR count).